The summed E-state index contributed by atoms with van der Waals surface area (Å²) in [6.45, 7) is 4.83. The summed E-state index contributed by atoms with van der Waals surface area (Å²) in [5.41, 5.74) is 0. The molecule has 1 aliphatic heterocycles. The van der Waals surface area contributed by atoms with Crippen molar-refractivity contribution in [3.05, 3.63) is 18.3 Å². The summed E-state index contributed by atoms with van der Waals surface area (Å²) in [5.74, 6) is 0.0713. The van der Waals surface area contributed by atoms with Gasteiger partial charge in [-0.25, -0.2) is 13.4 Å². The highest BCUT2D eigenvalue weighted by Crippen LogP contribution is 2.25. The number of carbonyl (C=O) groups is 1. The van der Waals surface area contributed by atoms with Gasteiger partial charge in [0.2, 0.25) is 15.9 Å². The van der Waals surface area contributed by atoms with Gasteiger partial charge in [0.15, 0.2) is 0 Å². The second-order valence-corrected chi connectivity index (χ2v) is 6.57. The summed E-state index contributed by atoms with van der Waals surface area (Å²) in [6.07, 6.45) is 1.97. The standard InChI is InChI=1S/C13H20N4O3S/c1-3-10-13(18)16-8-9-17(10)21(19,20)11-6-5-7-15-12(11)14-4-2/h5-7,10H,3-4,8-9H2,1-2H3,(H,14,15)(H,16,18). The molecule has 1 aromatic heterocycles. The third-order valence-corrected chi connectivity index (χ3v) is 5.31. The molecule has 2 heterocycles. The van der Waals surface area contributed by atoms with E-state index in [-0.39, 0.29) is 17.3 Å². The van der Waals surface area contributed by atoms with Crippen LogP contribution >= 0.6 is 0 Å². The fraction of sp³-hybridized carbons (Fsp3) is 0.538. The Bertz CT molecular complexity index is 618. The predicted molar refractivity (Wildman–Crippen MR) is 79.4 cm³/mol. The number of piperazine rings is 1. The van der Waals surface area contributed by atoms with Crippen LogP contribution in [0, 0.1) is 0 Å². The first kappa shape index (κ1) is 15.7. The van der Waals surface area contributed by atoms with E-state index in [1.165, 1.54) is 16.6 Å². The molecule has 0 radical (unpaired) electrons. The van der Waals surface area contributed by atoms with Gasteiger partial charge in [0.05, 0.1) is 0 Å². The Balaban J connectivity index is 2.44. The number of hydrogen-bond donors (Lipinski definition) is 2. The zero-order valence-electron chi connectivity index (χ0n) is 12.2. The third-order valence-electron chi connectivity index (χ3n) is 3.37. The molecule has 0 saturated carbocycles. The lowest BCUT2D eigenvalue weighted by Gasteiger charge is -2.33. The minimum atomic E-state index is -3.76. The molecule has 0 spiro atoms. The summed E-state index contributed by atoms with van der Waals surface area (Å²) in [5, 5.41) is 5.65. The highest BCUT2D eigenvalue weighted by molar-refractivity contribution is 7.89. The smallest absolute Gasteiger partial charge is 0.247 e. The van der Waals surface area contributed by atoms with Crippen LogP contribution in [0.2, 0.25) is 0 Å². The molecule has 1 atom stereocenters. The van der Waals surface area contributed by atoms with Crippen LogP contribution in [0.3, 0.4) is 0 Å². The minimum absolute atomic E-state index is 0.111. The molecule has 1 aromatic rings. The van der Waals surface area contributed by atoms with E-state index < -0.39 is 16.1 Å². The number of amides is 1. The first-order chi connectivity index (χ1) is 10.0. The van der Waals surface area contributed by atoms with Gasteiger partial charge in [0.25, 0.3) is 0 Å². The van der Waals surface area contributed by atoms with E-state index in [0.717, 1.165) is 0 Å². The third kappa shape index (κ3) is 3.01. The SMILES string of the molecule is CCNc1ncccc1S(=O)(=O)N1CCNC(=O)C1CC. The van der Waals surface area contributed by atoms with Crippen LogP contribution in [0.5, 0.6) is 0 Å². The van der Waals surface area contributed by atoms with Crippen molar-refractivity contribution >= 4 is 21.7 Å². The highest BCUT2D eigenvalue weighted by atomic mass is 32.2. The van der Waals surface area contributed by atoms with Gasteiger partial charge in [-0.05, 0) is 25.5 Å². The van der Waals surface area contributed by atoms with Crippen molar-refractivity contribution < 1.29 is 13.2 Å². The number of anilines is 1. The molecular weight excluding hydrogens is 292 g/mol. The Labute approximate surface area is 124 Å². The fourth-order valence-electron chi connectivity index (χ4n) is 2.40. The second kappa shape index (κ2) is 6.40. The number of pyridine rings is 1. The van der Waals surface area contributed by atoms with Crippen molar-refractivity contribution in [1.29, 1.82) is 0 Å². The molecule has 1 amide bonds. The molecular formula is C13H20N4O3S. The van der Waals surface area contributed by atoms with Crippen LogP contribution < -0.4 is 10.6 Å². The van der Waals surface area contributed by atoms with Crippen molar-refractivity contribution in [2.24, 2.45) is 0 Å². The summed E-state index contributed by atoms with van der Waals surface area (Å²) in [6, 6.07) is 2.43. The van der Waals surface area contributed by atoms with E-state index >= 15 is 0 Å². The van der Waals surface area contributed by atoms with Gasteiger partial charge in [-0.15, -0.1) is 0 Å². The molecule has 7 nitrogen and oxygen atoms in total. The van der Waals surface area contributed by atoms with Crippen molar-refractivity contribution in [3.8, 4) is 0 Å². The van der Waals surface area contributed by atoms with Crippen LogP contribution in [0.4, 0.5) is 5.82 Å². The molecule has 21 heavy (non-hydrogen) atoms. The summed E-state index contributed by atoms with van der Waals surface area (Å²) in [4.78, 5) is 16.1. The molecule has 0 aliphatic carbocycles. The number of nitrogens with one attached hydrogen (secondary N) is 2. The van der Waals surface area contributed by atoms with E-state index in [1.807, 2.05) is 6.92 Å². The maximum atomic E-state index is 12.9. The van der Waals surface area contributed by atoms with Crippen molar-refractivity contribution in [2.75, 3.05) is 25.0 Å². The number of carbonyl (C=O) groups excluding carboxylic acids is 1. The molecule has 1 unspecified atom stereocenters. The average molecular weight is 312 g/mol. The largest absolute Gasteiger partial charge is 0.369 e. The Morgan fingerprint density at radius 2 is 2.24 bits per heavy atom. The van der Waals surface area contributed by atoms with Gasteiger partial charge in [0.1, 0.15) is 16.8 Å². The molecule has 2 N–H and O–H groups in total. The Hall–Kier alpha value is -1.67. The maximum Gasteiger partial charge on any atom is 0.247 e. The zero-order chi connectivity index (χ0) is 15.5. The van der Waals surface area contributed by atoms with Gasteiger partial charge in [-0.1, -0.05) is 6.92 Å². The Morgan fingerprint density at radius 1 is 1.48 bits per heavy atom. The van der Waals surface area contributed by atoms with Gasteiger partial charge in [-0.2, -0.15) is 4.31 Å². The van der Waals surface area contributed by atoms with Crippen LogP contribution in [0.15, 0.2) is 23.2 Å². The van der Waals surface area contributed by atoms with E-state index in [0.29, 0.717) is 25.3 Å². The van der Waals surface area contributed by atoms with E-state index in [4.69, 9.17) is 0 Å². The maximum absolute atomic E-state index is 12.9. The normalized spacial score (nSPS) is 20.1. The molecule has 1 aliphatic rings. The molecule has 2 rings (SSSR count). The number of rotatable bonds is 5. The molecule has 116 valence electrons. The van der Waals surface area contributed by atoms with Crippen molar-refractivity contribution in [1.82, 2.24) is 14.6 Å². The number of sulfonamides is 1. The fourth-order valence-corrected chi connectivity index (χ4v) is 4.18. The van der Waals surface area contributed by atoms with Gasteiger partial charge >= 0.3 is 0 Å². The van der Waals surface area contributed by atoms with Crippen LogP contribution in [0.1, 0.15) is 20.3 Å². The molecule has 1 fully saturated rings. The first-order valence-corrected chi connectivity index (χ1v) is 8.44. The quantitative estimate of drug-likeness (QED) is 0.822. The summed E-state index contributed by atoms with van der Waals surface area (Å²) < 4.78 is 27.0. The minimum Gasteiger partial charge on any atom is -0.369 e. The van der Waals surface area contributed by atoms with E-state index in [9.17, 15) is 13.2 Å². The van der Waals surface area contributed by atoms with Crippen molar-refractivity contribution in [3.63, 3.8) is 0 Å². The topological polar surface area (TPSA) is 91.4 Å². The second-order valence-electron chi connectivity index (χ2n) is 4.71. The average Bonchev–Trinajstić information content (AvgIpc) is 2.47. The molecule has 0 bridgehead atoms. The lowest BCUT2D eigenvalue weighted by atomic mass is 10.2. The molecule has 0 aromatic carbocycles. The molecule has 8 heteroatoms. The Kier molecular flexibility index (Phi) is 4.79. The van der Waals surface area contributed by atoms with Crippen LogP contribution in [-0.4, -0.2) is 49.3 Å². The van der Waals surface area contributed by atoms with Crippen LogP contribution in [-0.2, 0) is 14.8 Å². The number of hydrogen-bond acceptors (Lipinski definition) is 5. The summed E-state index contributed by atoms with van der Waals surface area (Å²) >= 11 is 0. The van der Waals surface area contributed by atoms with Crippen molar-refractivity contribution in [2.45, 2.75) is 31.2 Å². The first-order valence-electron chi connectivity index (χ1n) is 7.00. The number of nitrogens with zero attached hydrogens (tertiary/aromatic N) is 2. The van der Waals surface area contributed by atoms with Gasteiger partial charge in [-0.3, -0.25) is 4.79 Å². The number of aromatic nitrogens is 1. The van der Waals surface area contributed by atoms with E-state index in [1.54, 1.807) is 13.0 Å². The lowest BCUT2D eigenvalue weighted by molar-refractivity contribution is -0.126. The van der Waals surface area contributed by atoms with Gasteiger partial charge < -0.3 is 10.6 Å². The van der Waals surface area contributed by atoms with E-state index in [2.05, 4.69) is 15.6 Å². The van der Waals surface area contributed by atoms with Gasteiger partial charge in [0, 0.05) is 25.8 Å². The highest BCUT2D eigenvalue weighted by Gasteiger charge is 2.38. The lowest BCUT2D eigenvalue weighted by Crippen LogP contribution is -2.56. The monoisotopic (exact) mass is 312 g/mol. The summed E-state index contributed by atoms with van der Waals surface area (Å²) in [7, 11) is -3.76. The predicted octanol–water partition coefficient (Wildman–Crippen LogP) is 0.412. The van der Waals surface area contributed by atoms with Crippen LogP contribution in [0.25, 0.3) is 0 Å². The molecule has 1 saturated heterocycles. The Morgan fingerprint density at radius 3 is 2.90 bits per heavy atom. The zero-order valence-corrected chi connectivity index (χ0v) is 13.0.